The van der Waals surface area contributed by atoms with Crippen LogP contribution in [0.2, 0.25) is 0 Å². The molecule has 0 radical (unpaired) electrons. The molecule has 4 aromatic heterocycles. The van der Waals surface area contributed by atoms with Gasteiger partial charge in [-0.1, -0.05) is 6.92 Å². The van der Waals surface area contributed by atoms with Gasteiger partial charge in [0.05, 0.1) is 29.6 Å². The Kier molecular flexibility index (Phi) is 5.98. The number of rotatable bonds is 7. The molecule has 0 amide bonds. The third-order valence-corrected chi connectivity index (χ3v) is 6.39. The van der Waals surface area contributed by atoms with Gasteiger partial charge < -0.3 is 10.1 Å². The van der Waals surface area contributed by atoms with E-state index in [0.717, 1.165) is 78.1 Å². The Labute approximate surface area is 194 Å². The average molecular weight is 446 g/mol. The van der Waals surface area contributed by atoms with Crippen LogP contribution in [0.25, 0.3) is 22.2 Å². The van der Waals surface area contributed by atoms with Crippen molar-refractivity contribution in [1.82, 2.24) is 29.5 Å². The molecular weight excluding hydrogens is 414 g/mol. The molecule has 5 rings (SSSR count). The van der Waals surface area contributed by atoms with Gasteiger partial charge in [-0.3, -0.25) is 14.3 Å². The molecule has 0 aliphatic heterocycles. The molecule has 1 saturated carbocycles. The maximum Gasteiger partial charge on any atom is 0.141 e. The van der Waals surface area contributed by atoms with E-state index in [1.807, 2.05) is 48.6 Å². The van der Waals surface area contributed by atoms with Crippen molar-refractivity contribution in [2.45, 2.75) is 58.1 Å². The van der Waals surface area contributed by atoms with Crippen LogP contribution in [0.4, 0.5) is 5.82 Å². The second-order valence-corrected chi connectivity index (χ2v) is 8.66. The summed E-state index contributed by atoms with van der Waals surface area (Å²) < 4.78 is 10.4. The van der Waals surface area contributed by atoms with E-state index in [9.17, 15) is 0 Å². The molecule has 1 aliphatic carbocycles. The normalized spacial score (nSPS) is 18.5. The maximum absolute atomic E-state index is 6.35. The van der Waals surface area contributed by atoms with Crippen molar-refractivity contribution in [1.29, 1.82) is 0 Å². The van der Waals surface area contributed by atoms with Crippen LogP contribution >= 0.6 is 0 Å². The Hall–Kier alpha value is -3.42. The first-order valence-corrected chi connectivity index (χ1v) is 11.9. The SMILES string of the molecule is CCNc1cc2c(cn1)c(-c1cnn(C)c1)nn2C1CCC(Oc2cccnc2CC)CC1. The van der Waals surface area contributed by atoms with Crippen molar-refractivity contribution >= 4 is 16.7 Å². The molecule has 172 valence electrons. The lowest BCUT2D eigenvalue weighted by Crippen LogP contribution is -2.26. The molecule has 0 atom stereocenters. The van der Waals surface area contributed by atoms with E-state index in [1.54, 1.807) is 0 Å². The van der Waals surface area contributed by atoms with Gasteiger partial charge in [-0.05, 0) is 51.2 Å². The fraction of sp³-hybridized carbons (Fsp3) is 0.440. The minimum Gasteiger partial charge on any atom is -0.489 e. The minimum atomic E-state index is 0.217. The number of nitrogens with one attached hydrogen (secondary N) is 1. The van der Waals surface area contributed by atoms with E-state index < -0.39 is 0 Å². The quantitative estimate of drug-likeness (QED) is 0.441. The van der Waals surface area contributed by atoms with Crippen molar-refractivity contribution in [3.05, 3.63) is 48.7 Å². The summed E-state index contributed by atoms with van der Waals surface area (Å²) in [5, 5.41) is 13.8. The lowest BCUT2D eigenvalue weighted by atomic mass is 9.93. The van der Waals surface area contributed by atoms with Gasteiger partial charge in [0.2, 0.25) is 0 Å². The molecule has 0 spiro atoms. The zero-order chi connectivity index (χ0) is 22.8. The maximum atomic E-state index is 6.35. The van der Waals surface area contributed by atoms with Crippen LogP contribution < -0.4 is 10.1 Å². The zero-order valence-corrected chi connectivity index (χ0v) is 19.5. The number of pyridine rings is 2. The summed E-state index contributed by atoms with van der Waals surface area (Å²) in [6.45, 7) is 5.03. The first-order chi connectivity index (χ1) is 16.2. The summed E-state index contributed by atoms with van der Waals surface area (Å²) in [6.07, 6.45) is 12.8. The van der Waals surface area contributed by atoms with E-state index in [1.165, 1.54) is 0 Å². The van der Waals surface area contributed by atoms with Crippen molar-refractivity contribution in [3.8, 4) is 17.0 Å². The summed E-state index contributed by atoms with van der Waals surface area (Å²) in [5.74, 6) is 1.80. The summed E-state index contributed by atoms with van der Waals surface area (Å²) >= 11 is 0. The molecule has 1 aliphatic rings. The van der Waals surface area contributed by atoms with E-state index >= 15 is 0 Å². The largest absolute Gasteiger partial charge is 0.489 e. The summed E-state index contributed by atoms with van der Waals surface area (Å²) in [5.41, 5.74) is 4.10. The Morgan fingerprint density at radius 1 is 1.12 bits per heavy atom. The van der Waals surface area contributed by atoms with Crippen LogP contribution in [0.3, 0.4) is 0 Å². The average Bonchev–Trinajstić information content (AvgIpc) is 3.43. The van der Waals surface area contributed by atoms with E-state index in [2.05, 4.69) is 45.0 Å². The predicted octanol–water partition coefficient (Wildman–Crippen LogP) is 4.78. The van der Waals surface area contributed by atoms with Gasteiger partial charge in [0, 0.05) is 49.2 Å². The zero-order valence-electron chi connectivity index (χ0n) is 19.5. The topological polar surface area (TPSA) is 82.7 Å². The second-order valence-electron chi connectivity index (χ2n) is 8.66. The lowest BCUT2D eigenvalue weighted by Gasteiger charge is -2.30. The van der Waals surface area contributed by atoms with Crippen molar-refractivity contribution in [2.75, 3.05) is 11.9 Å². The molecule has 0 bridgehead atoms. The molecule has 0 aromatic carbocycles. The number of hydrogen-bond acceptors (Lipinski definition) is 6. The van der Waals surface area contributed by atoms with Crippen LogP contribution in [0.1, 0.15) is 51.3 Å². The van der Waals surface area contributed by atoms with Crippen LogP contribution in [0, 0.1) is 0 Å². The van der Waals surface area contributed by atoms with Gasteiger partial charge >= 0.3 is 0 Å². The predicted molar refractivity (Wildman–Crippen MR) is 129 cm³/mol. The van der Waals surface area contributed by atoms with E-state index in [4.69, 9.17) is 9.84 Å². The minimum absolute atomic E-state index is 0.217. The number of anilines is 1. The third kappa shape index (κ3) is 4.29. The highest BCUT2D eigenvalue weighted by Gasteiger charge is 2.27. The Morgan fingerprint density at radius 2 is 1.97 bits per heavy atom. The Morgan fingerprint density at radius 3 is 2.70 bits per heavy atom. The van der Waals surface area contributed by atoms with E-state index in [0.29, 0.717) is 6.04 Å². The first-order valence-electron chi connectivity index (χ1n) is 11.9. The molecule has 1 N–H and O–H groups in total. The molecule has 4 aromatic rings. The smallest absolute Gasteiger partial charge is 0.141 e. The molecule has 33 heavy (non-hydrogen) atoms. The number of ether oxygens (including phenoxy) is 1. The molecule has 4 heterocycles. The highest BCUT2D eigenvalue weighted by Crippen LogP contribution is 2.36. The monoisotopic (exact) mass is 445 g/mol. The third-order valence-electron chi connectivity index (χ3n) is 6.39. The standard InChI is InChI=1S/C25H31N7O/c1-4-21-23(7-6-12-27-21)33-19-10-8-18(9-11-19)32-22-13-24(26-5-2)28-15-20(22)25(30-32)17-14-29-31(3)16-17/h6-7,12-16,18-19H,4-5,8-11H2,1-3H3,(H,26,28). The van der Waals surface area contributed by atoms with Crippen LogP contribution in [0.15, 0.2) is 43.0 Å². The van der Waals surface area contributed by atoms with Gasteiger partial charge in [-0.25, -0.2) is 4.98 Å². The number of hydrogen-bond donors (Lipinski definition) is 1. The fourth-order valence-corrected chi connectivity index (χ4v) is 4.73. The highest BCUT2D eigenvalue weighted by molar-refractivity contribution is 5.93. The molecular formula is C25H31N7O. The molecule has 8 nitrogen and oxygen atoms in total. The van der Waals surface area contributed by atoms with Crippen LogP contribution in [-0.4, -0.2) is 42.2 Å². The number of nitrogens with zero attached hydrogens (tertiary/aromatic N) is 6. The van der Waals surface area contributed by atoms with E-state index in [-0.39, 0.29) is 6.10 Å². The van der Waals surface area contributed by atoms with Crippen molar-refractivity contribution < 1.29 is 4.74 Å². The van der Waals surface area contributed by atoms with Crippen molar-refractivity contribution in [3.63, 3.8) is 0 Å². The number of aromatic nitrogens is 6. The van der Waals surface area contributed by atoms with Crippen LogP contribution in [-0.2, 0) is 13.5 Å². The molecule has 1 fully saturated rings. The van der Waals surface area contributed by atoms with Crippen LogP contribution in [0.5, 0.6) is 5.75 Å². The Bertz CT molecular complexity index is 1240. The fourth-order valence-electron chi connectivity index (χ4n) is 4.73. The summed E-state index contributed by atoms with van der Waals surface area (Å²) in [7, 11) is 1.93. The summed E-state index contributed by atoms with van der Waals surface area (Å²) in [4.78, 5) is 9.06. The van der Waals surface area contributed by atoms with Gasteiger partial charge in [0.25, 0.3) is 0 Å². The van der Waals surface area contributed by atoms with Gasteiger partial charge in [-0.2, -0.15) is 10.2 Å². The molecule has 8 heteroatoms. The Balaban J connectivity index is 1.40. The number of fused-ring (bicyclic) bond motifs is 1. The highest BCUT2D eigenvalue weighted by atomic mass is 16.5. The van der Waals surface area contributed by atoms with Gasteiger partial charge in [0.15, 0.2) is 0 Å². The second kappa shape index (κ2) is 9.21. The van der Waals surface area contributed by atoms with Gasteiger partial charge in [-0.15, -0.1) is 0 Å². The first kappa shape index (κ1) is 21.4. The number of aryl methyl sites for hydroxylation is 2. The lowest BCUT2D eigenvalue weighted by molar-refractivity contribution is 0.129. The molecule has 0 unspecified atom stereocenters. The molecule has 0 saturated heterocycles. The van der Waals surface area contributed by atoms with Gasteiger partial charge in [0.1, 0.15) is 17.3 Å². The van der Waals surface area contributed by atoms with Crippen molar-refractivity contribution in [2.24, 2.45) is 7.05 Å². The summed E-state index contributed by atoms with van der Waals surface area (Å²) in [6, 6.07) is 6.44.